The van der Waals surface area contributed by atoms with Gasteiger partial charge in [0.15, 0.2) is 0 Å². The highest BCUT2D eigenvalue weighted by atomic mass is 14.8. The summed E-state index contributed by atoms with van der Waals surface area (Å²) < 4.78 is 0. The highest BCUT2D eigenvalue weighted by Crippen LogP contribution is 2.35. The lowest BCUT2D eigenvalue weighted by molar-refractivity contribution is 1.40. The van der Waals surface area contributed by atoms with Crippen molar-refractivity contribution >= 4 is 76.5 Å². The molecule has 4 heteroatoms. The van der Waals surface area contributed by atoms with Gasteiger partial charge in [0.05, 0.1) is 38.6 Å². The van der Waals surface area contributed by atoms with Gasteiger partial charge in [-0.2, -0.15) is 0 Å². The van der Waals surface area contributed by atoms with Gasteiger partial charge in [-0.15, -0.1) is 0 Å². The fourth-order valence-corrected chi connectivity index (χ4v) is 5.99. The zero-order valence-corrected chi connectivity index (χ0v) is 20.3. The number of para-hydroxylation sites is 2. The van der Waals surface area contributed by atoms with Crippen molar-refractivity contribution in [3.05, 3.63) is 89.5 Å². The van der Waals surface area contributed by atoms with E-state index >= 15 is 0 Å². The summed E-state index contributed by atoms with van der Waals surface area (Å²) in [7, 11) is 0. The Morgan fingerprint density at radius 2 is 1.03 bits per heavy atom. The van der Waals surface area contributed by atoms with Crippen molar-refractivity contribution in [2.75, 3.05) is 0 Å². The highest BCUT2D eigenvalue weighted by Gasteiger charge is 2.15. The van der Waals surface area contributed by atoms with Crippen LogP contribution >= 0.6 is 0 Å². The van der Waals surface area contributed by atoms with E-state index in [0.29, 0.717) is 0 Å². The Hall–Kier alpha value is -4.57. The van der Waals surface area contributed by atoms with E-state index in [0.717, 1.165) is 71.2 Å². The minimum Gasteiger partial charge on any atom is -0.354 e. The number of rotatable bonds is 0. The average molecular weight is 463 g/mol. The predicted octanol–water partition coefficient (Wildman–Crippen LogP) is 8.20. The minimum atomic E-state index is 0.917. The van der Waals surface area contributed by atoms with Crippen molar-refractivity contribution in [1.82, 2.24) is 19.9 Å². The first-order valence-electron chi connectivity index (χ1n) is 12.3. The summed E-state index contributed by atoms with van der Waals surface area (Å²) in [6, 6.07) is 25.7. The Balaban J connectivity index is 1.76. The molecule has 1 N–H and O–H groups in total. The molecule has 0 aliphatic heterocycles. The van der Waals surface area contributed by atoms with Gasteiger partial charge in [-0.05, 0) is 49.6 Å². The van der Waals surface area contributed by atoms with E-state index in [1.807, 2.05) is 0 Å². The van der Waals surface area contributed by atoms with Gasteiger partial charge in [-0.25, -0.2) is 15.0 Å². The van der Waals surface area contributed by atoms with Crippen LogP contribution in [0, 0.1) is 20.8 Å². The van der Waals surface area contributed by atoms with E-state index in [2.05, 4.69) is 98.6 Å². The number of nitrogens with one attached hydrogen (secondary N) is 1. The minimum absolute atomic E-state index is 0.917. The molecule has 0 aliphatic carbocycles. The average Bonchev–Trinajstić information content (AvgIpc) is 3.44. The number of fused-ring (bicyclic) bond motifs is 6. The summed E-state index contributed by atoms with van der Waals surface area (Å²) >= 11 is 0. The Bertz CT molecular complexity index is 2080. The largest absolute Gasteiger partial charge is 0.354 e. The SMILES string of the molecule is Cc1c2nc3c(cccc3c3ccc4ccc5ccc(nc5c4n3)c3cccc4c(C)c1[nH]c43)c2C. The van der Waals surface area contributed by atoms with Crippen LogP contribution in [-0.4, -0.2) is 19.9 Å². The van der Waals surface area contributed by atoms with Crippen LogP contribution in [0.5, 0.6) is 0 Å². The molecule has 5 heterocycles. The maximum atomic E-state index is 5.22. The lowest BCUT2D eigenvalue weighted by Gasteiger charge is -2.05. The number of benzene rings is 3. The predicted molar refractivity (Wildman–Crippen MR) is 151 cm³/mol. The molecule has 0 aliphatic rings. The van der Waals surface area contributed by atoms with Gasteiger partial charge in [0.2, 0.25) is 0 Å². The third-order valence-corrected chi connectivity index (χ3v) is 7.91. The Morgan fingerprint density at radius 3 is 1.75 bits per heavy atom. The smallest absolute Gasteiger partial charge is 0.0972 e. The molecule has 5 aromatic heterocycles. The van der Waals surface area contributed by atoms with Gasteiger partial charge in [0.1, 0.15) is 0 Å². The molecule has 3 aromatic carbocycles. The third-order valence-electron chi connectivity index (χ3n) is 7.91. The Labute approximate surface area is 206 Å². The number of hydrogen-bond donors (Lipinski definition) is 1. The molecule has 0 atom stereocenters. The maximum Gasteiger partial charge on any atom is 0.0972 e. The van der Waals surface area contributed by atoms with Gasteiger partial charge >= 0.3 is 0 Å². The zero-order chi connectivity index (χ0) is 24.1. The summed E-state index contributed by atoms with van der Waals surface area (Å²) in [4.78, 5) is 19.4. The van der Waals surface area contributed by atoms with Gasteiger partial charge in [-0.3, -0.25) is 0 Å². The fraction of sp³-hybridized carbons (Fsp3) is 0.0938. The number of pyridine rings is 2. The molecule has 36 heavy (non-hydrogen) atoms. The molecule has 0 radical (unpaired) electrons. The van der Waals surface area contributed by atoms with Crippen LogP contribution in [0.3, 0.4) is 0 Å². The van der Waals surface area contributed by atoms with Gasteiger partial charge < -0.3 is 4.98 Å². The van der Waals surface area contributed by atoms with Crippen molar-refractivity contribution in [3.63, 3.8) is 0 Å². The van der Waals surface area contributed by atoms with E-state index in [9.17, 15) is 0 Å². The maximum absolute atomic E-state index is 5.22. The number of aromatic amines is 1. The number of aromatic nitrogens is 4. The molecule has 0 saturated carbocycles. The van der Waals surface area contributed by atoms with Crippen LogP contribution in [0.1, 0.15) is 16.7 Å². The lowest BCUT2D eigenvalue weighted by atomic mass is 10.1. The normalized spacial score (nSPS) is 12.3. The van der Waals surface area contributed by atoms with E-state index in [-0.39, 0.29) is 0 Å². The van der Waals surface area contributed by atoms with Crippen molar-refractivity contribution in [2.24, 2.45) is 0 Å². The standard InChI is InChI=1S/C32H22N4/c1-16-21-6-4-8-23-25-14-12-19-10-11-20-13-15-26(34-30(20)29(19)33-25)24-9-5-7-22-17(2)28(36-32(22)24)18(3)27(16)35-31(21)23/h4-15,35H,1-3H3. The number of H-pyrrole nitrogens is 1. The second kappa shape index (κ2) is 6.76. The Kier molecular flexibility index (Phi) is 3.70. The molecule has 8 rings (SSSR count). The van der Waals surface area contributed by atoms with Crippen LogP contribution in [0.15, 0.2) is 72.8 Å². The second-order valence-corrected chi connectivity index (χ2v) is 9.87. The van der Waals surface area contributed by atoms with Crippen molar-refractivity contribution in [3.8, 4) is 0 Å². The summed E-state index contributed by atoms with van der Waals surface area (Å²) in [5.41, 5.74) is 11.5. The third kappa shape index (κ3) is 2.46. The molecule has 0 spiro atoms. The van der Waals surface area contributed by atoms with Gasteiger partial charge in [-0.1, -0.05) is 60.7 Å². The number of aryl methyl sites for hydroxylation is 3. The molecule has 8 bridgehead atoms. The highest BCUT2D eigenvalue weighted by molar-refractivity contribution is 6.13. The first-order valence-corrected chi connectivity index (χ1v) is 12.3. The molecule has 4 nitrogen and oxygen atoms in total. The quantitative estimate of drug-likeness (QED) is 0.231. The van der Waals surface area contributed by atoms with Crippen LogP contribution in [0.4, 0.5) is 0 Å². The number of hydrogen-bond acceptors (Lipinski definition) is 3. The van der Waals surface area contributed by atoms with E-state index in [1.165, 1.54) is 21.9 Å². The topological polar surface area (TPSA) is 54.5 Å². The summed E-state index contributed by atoms with van der Waals surface area (Å²) in [5, 5.41) is 6.70. The Morgan fingerprint density at radius 1 is 0.444 bits per heavy atom. The molecule has 0 fully saturated rings. The molecule has 8 aromatic rings. The van der Waals surface area contributed by atoms with Crippen LogP contribution in [0.25, 0.3) is 76.5 Å². The molecule has 0 saturated heterocycles. The van der Waals surface area contributed by atoms with E-state index in [1.54, 1.807) is 0 Å². The second-order valence-electron chi connectivity index (χ2n) is 9.87. The van der Waals surface area contributed by atoms with Crippen molar-refractivity contribution < 1.29 is 0 Å². The molecule has 170 valence electrons. The molecule has 0 amide bonds. The summed E-state index contributed by atoms with van der Waals surface area (Å²) in [5.74, 6) is 0. The van der Waals surface area contributed by atoms with E-state index in [4.69, 9.17) is 15.0 Å². The fourth-order valence-electron chi connectivity index (χ4n) is 5.99. The van der Waals surface area contributed by atoms with Crippen LogP contribution < -0.4 is 0 Å². The summed E-state index contributed by atoms with van der Waals surface area (Å²) in [6.45, 7) is 6.55. The zero-order valence-electron chi connectivity index (χ0n) is 20.3. The molecule has 0 unspecified atom stereocenters. The first kappa shape index (κ1) is 19.7. The lowest BCUT2D eigenvalue weighted by Crippen LogP contribution is -1.87. The number of nitrogens with zero attached hydrogens (tertiary/aromatic N) is 3. The molecular formula is C32H22N4. The molecular weight excluding hydrogens is 440 g/mol. The summed E-state index contributed by atoms with van der Waals surface area (Å²) in [6.07, 6.45) is 0. The van der Waals surface area contributed by atoms with Crippen LogP contribution in [-0.2, 0) is 0 Å². The monoisotopic (exact) mass is 462 g/mol. The van der Waals surface area contributed by atoms with Gasteiger partial charge in [0.25, 0.3) is 0 Å². The van der Waals surface area contributed by atoms with Crippen LogP contribution in [0.2, 0.25) is 0 Å². The first-order chi connectivity index (χ1) is 17.6. The van der Waals surface area contributed by atoms with Gasteiger partial charge in [0, 0.05) is 37.8 Å². The van der Waals surface area contributed by atoms with E-state index < -0.39 is 0 Å². The van der Waals surface area contributed by atoms with Crippen molar-refractivity contribution in [2.45, 2.75) is 20.8 Å². The van der Waals surface area contributed by atoms with Crippen molar-refractivity contribution in [1.29, 1.82) is 0 Å².